The molecule has 0 radical (unpaired) electrons. The van der Waals surface area contributed by atoms with Gasteiger partial charge in [-0.3, -0.25) is 4.98 Å². The maximum absolute atomic E-state index is 5.07. The summed E-state index contributed by atoms with van der Waals surface area (Å²) in [5.41, 5.74) is 8.94. The van der Waals surface area contributed by atoms with Crippen LogP contribution in [0.1, 0.15) is 0 Å². The number of aromatic nitrogens is 6. The van der Waals surface area contributed by atoms with Crippen LogP contribution in [0.2, 0.25) is 0 Å². The zero-order chi connectivity index (χ0) is 30.0. The molecule has 0 fully saturated rings. The normalized spacial score (nSPS) is 11.1. The van der Waals surface area contributed by atoms with Crippen molar-refractivity contribution in [2.24, 2.45) is 0 Å². The maximum Gasteiger partial charge on any atom is 0.164 e. The molecule has 0 saturated carbocycles. The van der Waals surface area contributed by atoms with E-state index in [0.717, 1.165) is 55.7 Å². The monoisotopic (exact) mass is 578 g/mol. The summed E-state index contributed by atoms with van der Waals surface area (Å²) < 4.78 is 1.98. The Labute approximate surface area is 260 Å². The molecule has 0 bridgehead atoms. The van der Waals surface area contributed by atoms with Gasteiger partial charge in [-0.25, -0.2) is 19.6 Å². The van der Waals surface area contributed by atoms with Crippen LogP contribution in [0.15, 0.2) is 158 Å². The lowest BCUT2D eigenvalue weighted by Crippen LogP contribution is -2.00. The van der Waals surface area contributed by atoms with Crippen molar-refractivity contribution in [3.8, 4) is 62.2 Å². The molecule has 6 heteroatoms. The van der Waals surface area contributed by atoms with Gasteiger partial charge in [-0.1, -0.05) is 115 Å². The molecule has 0 unspecified atom stereocenters. The number of para-hydroxylation sites is 1. The van der Waals surface area contributed by atoms with Crippen molar-refractivity contribution in [2.75, 3.05) is 0 Å². The largest absolute Gasteiger partial charge is 0.265 e. The summed E-state index contributed by atoms with van der Waals surface area (Å²) in [4.78, 5) is 18.9. The number of fused-ring (bicyclic) bond motifs is 1. The fourth-order valence-electron chi connectivity index (χ4n) is 5.58. The van der Waals surface area contributed by atoms with Gasteiger partial charge in [-0.2, -0.15) is 5.10 Å². The Morgan fingerprint density at radius 2 is 0.889 bits per heavy atom. The highest BCUT2D eigenvalue weighted by atomic mass is 15.3. The SMILES string of the molecule is c1ccc(-c2nc(-c3ccccc3)nc(-c3cccc(-c4cccc(-c5nn(-c6ccncc6)c6ccccc56)c4)c3)n2)cc1. The zero-order valence-corrected chi connectivity index (χ0v) is 24.2. The third-order valence-electron chi connectivity index (χ3n) is 7.78. The van der Waals surface area contributed by atoms with E-state index in [1.807, 2.05) is 83.5 Å². The Morgan fingerprint density at radius 1 is 0.400 bits per heavy atom. The fraction of sp³-hybridized carbons (Fsp3) is 0. The first-order chi connectivity index (χ1) is 22.3. The van der Waals surface area contributed by atoms with Gasteiger partial charge in [-0.15, -0.1) is 0 Å². The number of benzene rings is 5. The minimum Gasteiger partial charge on any atom is -0.265 e. The van der Waals surface area contributed by atoms with Crippen LogP contribution in [-0.4, -0.2) is 29.7 Å². The van der Waals surface area contributed by atoms with Gasteiger partial charge in [0.25, 0.3) is 0 Å². The molecule has 0 saturated heterocycles. The van der Waals surface area contributed by atoms with Gasteiger partial charge >= 0.3 is 0 Å². The molecule has 3 heterocycles. The predicted octanol–water partition coefficient (Wildman–Crippen LogP) is 8.94. The Kier molecular flexibility index (Phi) is 6.70. The van der Waals surface area contributed by atoms with E-state index in [1.165, 1.54) is 0 Å². The lowest BCUT2D eigenvalue weighted by molar-refractivity contribution is 0.911. The second-order valence-electron chi connectivity index (χ2n) is 10.7. The van der Waals surface area contributed by atoms with Crippen LogP contribution in [0.3, 0.4) is 0 Å². The van der Waals surface area contributed by atoms with Crippen molar-refractivity contribution in [1.82, 2.24) is 29.7 Å². The van der Waals surface area contributed by atoms with E-state index >= 15 is 0 Å². The Hall–Kier alpha value is -6.27. The maximum atomic E-state index is 5.07. The first kappa shape index (κ1) is 26.4. The van der Waals surface area contributed by atoms with E-state index in [2.05, 4.69) is 71.7 Å². The van der Waals surface area contributed by atoms with Gasteiger partial charge in [-0.05, 0) is 41.5 Å². The van der Waals surface area contributed by atoms with Gasteiger partial charge in [0, 0.05) is 40.0 Å². The summed E-state index contributed by atoms with van der Waals surface area (Å²) in [6.07, 6.45) is 3.58. The van der Waals surface area contributed by atoms with Crippen molar-refractivity contribution >= 4 is 10.9 Å². The molecule has 0 aliphatic heterocycles. The predicted molar refractivity (Wildman–Crippen MR) is 179 cm³/mol. The van der Waals surface area contributed by atoms with Crippen molar-refractivity contribution in [2.45, 2.75) is 0 Å². The summed E-state index contributed by atoms with van der Waals surface area (Å²) in [5, 5.41) is 6.16. The third-order valence-corrected chi connectivity index (χ3v) is 7.78. The molecule has 0 aliphatic rings. The number of rotatable bonds is 6. The van der Waals surface area contributed by atoms with Crippen LogP contribution in [0.25, 0.3) is 73.1 Å². The number of hydrogen-bond acceptors (Lipinski definition) is 5. The van der Waals surface area contributed by atoms with Gasteiger partial charge in [0.1, 0.15) is 5.69 Å². The summed E-state index contributed by atoms with van der Waals surface area (Å²) in [5.74, 6) is 1.91. The van der Waals surface area contributed by atoms with E-state index in [4.69, 9.17) is 20.1 Å². The second-order valence-corrected chi connectivity index (χ2v) is 10.7. The molecule has 0 atom stereocenters. The molecule has 212 valence electrons. The summed E-state index contributed by atoms with van der Waals surface area (Å²) in [6, 6.07) is 49.2. The van der Waals surface area contributed by atoms with E-state index < -0.39 is 0 Å². The average Bonchev–Trinajstić information content (AvgIpc) is 3.53. The highest BCUT2D eigenvalue weighted by molar-refractivity contribution is 5.95. The molecule has 8 rings (SSSR count). The molecule has 45 heavy (non-hydrogen) atoms. The van der Waals surface area contributed by atoms with E-state index in [9.17, 15) is 0 Å². The van der Waals surface area contributed by atoms with Crippen LogP contribution < -0.4 is 0 Å². The minimum absolute atomic E-state index is 0.628. The topological polar surface area (TPSA) is 69.4 Å². The molecule has 0 N–H and O–H groups in total. The Morgan fingerprint density at radius 3 is 1.53 bits per heavy atom. The lowest BCUT2D eigenvalue weighted by Gasteiger charge is -2.10. The van der Waals surface area contributed by atoms with E-state index in [0.29, 0.717) is 17.5 Å². The number of nitrogens with zero attached hydrogens (tertiary/aromatic N) is 6. The minimum atomic E-state index is 0.628. The first-order valence-corrected chi connectivity index (χ1v) is 14.8. The highest BCUT2D eigenvalue weighted by Crippen LogP contribution is 2.33. The molecule has 8 aromatic rings. The molecule has 0 aliphatic carbocycles. The van der Waals surface area contributed by atoms with E-state index in [-0.39, 0.29) is 0 Å². The van der Waals surface area contributed by atoms with Gasteiger partial charge in [0.15, 0.2) is 17.5 Å². The number of pyridine rings is 1. The summed E-state index contributed by atoms with van der Waals surface area (Å²) in [7, 11) is 0. The molecule has 6 nitrogen and oxygen atoms in total. The van der Waals surface area contributed by atoms with Crippen LogP contribution in [0.5, 0.6) is 0 Å². The van der Waals surface area contributed by atoms with E-state index in [1.54, 1.807) is 12.4 Å². The Bertz CT molecular complexity index is 2200. The standard InChI is InChI=1S/C39H26N6/c1-3-11-27(12-4-1)37-41-38(28-13-5-2-6-14-28)43-39(42-37)32-18-10-16-30(26-32)29-15-9-17-31(25-29)36-34-19-7-8-20-35(34)45(44-36)33-21-23-40-24-22-33/h1-26H. The van der Waals surface area contributed by atoms with Crippen molar-refractivity contribution in [3.05, 3.63) is 158 Å². The van der Waals surface area contributed by atoms with Crippen molar-refractivity contribution in [3.63, 3.8) is 0 Å². The van der Waals surface area contributed by atoms with Crippen LogP contribution in [0.4, 0.5) is 0 Å². The van der Waals surface area contributed by atoms with Crippen LogP contribution in [-0.2, 0) is 0 Å². The smallest absolute Gasteiger partial charge is 0.164 e. The summed E-state index contributed by atoms with van der Waals surface area (Å²) >= 11 is 0. The fourth-order valence-corrected chi connectivity index (χ4v) is 5.58. The lowest BCUT2D eigenvalue weighted by atomic mass is 9.99. The van der Waals surface area contributed by atoms with Crippen LogP contribution >= 0.6 is 0 Å². The molecule has 3 aromatic heterocycles. The molecular weight excluding hydrogens is 552 g/mol. The number of hydrogen-bond donors (Lipinski definition) is 0. The average molecular weight is 579 g/mol. The third kappa shape index (κ3) is 5.15. The van der Waals surface area contributed by atoms with Gasteiger partial charge in [0.2, 0.25) is 0 Å². The van der Waals surface area contributed by atoms with Gasteiger partial charge in [0.05, 0.1) is 11.2 Å². The van der Waals surface area contributed by atoms with Crippen molar-refractivity contribution < 1.29 is 0 Å². The molecular formula is C39H26N6. The van der Waals surface area contributed by atoms with Crippen molar-refractivity contribution in [1.29, 1.82) is 0 Å². The second kappa shape index (κ2) is 11.4. The quantitative estimate of drug-likeness (QED) is 0.197. The summed E-state index contributed by atoms with van der Waals surface area (Å²) in [6.45, 7) is 0. The molecule has 0 spiro atoms. The van der Waals surface area contributed by atoms with Crippen LogP contribution in [0, 0.1) is 0 Å². The molecule has 5 aromatic carbocycles. The molecule has 0 amide bonds. The van der Waals surface area contributed by atoms with Gasteiger partial charge < -0.3 is 0 Å². The Balaban J connectivity index is 1.22. The zero-order valence-electron chi connectivity index (χ0n) is 24.2. The highest BCUT2D eigenvalue weighted by Gasteiger charge is 2.15. The first-order valence-electron chi connectivity index (χ1n) is 14.8.